The highest BCUT2D eigenvalue weighted by Crippen LogP contribution is 1.93. The van der Waals surface area contributed by atoms with Gasteiger partial charge in [0.15, 0.2) is 0 Å². The zero-order valence-electron chi connectivity index (χ0n) is 8.91. The van der Waals surface area contributed by atoms with Gasteiger partial charge in [-0.1, -0.05) is 0 Å². The van der Waals surface area contributed by atoms with Gasteiger partial charge in [-0.15, -0.1) is 0 Å². The van der Waals surface area contributed by atoms with E-state index in [0.717, 1.165) is 19.4 Å². The van der Waals surface area contributed by atoms with Crippen molar-refractivity contribution in [2.45, 2.75) is 25.8 Å². The number of likely N-dealkylation sites (N-methyl/N-ethyl adjacent to an activating group) is 1. The Hall–Kier alpha value is -1.10. The first-order valence-electron chi connectivity index (χ1n) is 4.61. The van der Waals surface area contributed by atoms with Gasteiger partial charge in [0.1, 0.15) is 6.04 Å². The highest BCUT2D eigenvalue weighted by Gasteiger charge is 2.11. The van der Waals surface area contributed by atoms with Crippen molar-refractivity contribution in [3.05, 3.63) is 0 Å². The van der Waals surface area contributed by atoms with Crippen molar-refractivity contribution in [3.63, 3.8) is 0 Å². The van der Waals surface area contributed by atoms with Crippen molar-refractivity contribution in [1.82, 2.24) is 10.2 Å². The van der Waals surface area contributed by atoms with E-state index in [-0.39, 0.29) is 11.9 Å². The monoisotopic (exact) mass is 202 g/mol. The molecule has 0 aliphatic carbocycles. The van der Waals surface area contributed by atoms with E-state index in [9.17, 15) is 9.59 Å². The predicted molar refractivity (Wildman–Crippen MR) is 53.0 cm³/mol. The van der Waals surface area contributed by atoms with Crippen molar-refractivity contribution in [2.24, 2.45) is 0 Å². The maximum atomic E-state index is 10.1. The third kappa shape index (κ3) is 5.53. The minimum absolute atomic E-state index is 0.204. The number of nitrogens with one attached hydrogen (secondary N) is 1. The standard InChI is InChI=1S/C5H11NO2.C4H7NO/c1-4(5(7)8)6(2)3;6-4-2-1-3-5-4/h4H,1-3H3,(H,7,8);1-3H2,(H,5,6). The Bertz CT molecular complexity index is 196. The van der Waals surface area contributed by atoms with E-state index in [2.05, 4.69) is 5.32 Å². The molecule has 2 N–H and O–H groups in total. The van der Waals surface area contributed by atoms with E-state index >= 15 is 0 Å². The Balaban J connectivity index is 0.000000249. The molecule has 5 nitrogen and oxygen atoms in total. The van der Waals surface area contributed by atoms with E-state index in [1.54, 1.807) is 25.9 Å². The fourth-order valence-electron chi connectivity index (χ4n) is 0.786. The van der Waals surface area contributed by atoms with Crippen LogP contribution >= 0.6 is 0 Å². The second kappa shape index (κ2) is 6.37. The molecule has 0 spiro atoms. The average molecular weight is 202 g/mol. The third-order valence-electron chi connectivity index (χ3n) is 2.03. The highest BCUT2D eigenvalue weighted by atomic mass is 16.4. The molecular formula is C9H18N2O3. The molecule has 14 heavy (non-hydrogen) atoms. The van der Waals surface area contributed by atoms with Crippen molar-refractivity contribution < 1.29 is 14.7 Å². The Labute approximate surface area is 84.1 Å². The summed E-state index contributed by atoms with van der Waals surface area (Å²) in [6, 6.07) is -0.380. The largest absolute Gasteiger partial charge is 0.480 e. The Morgan fingerprint density at radius 2 is 2.14 bits per heavy atom. The molecule has 1 aliphatic rings. The fourth-order valence-corrected chi connectivity index (χ4v) is 0.786. The van der Waals surface area contributed by atoms with Crippen molar-refractivity contribution in [1.29, 1.82) is 0 Å². The third-order valence-corrected chi connectivity index (χ3v) is 2.03. The summed E-state index contributed by atoms with van der Waals surface area (Å²) in [7, 11) is 3.47. The number of hydrogen-bond donors (Lipinski definition) is 2. The molecule has 82 valence electrons. The molecular weight excluding hydrogens is 184 g/mol. The van der Waals surface area contributed by atoms with Gasteiger partial charge in [-0.25, -0.2) is 0 Å². The van der Waals surface area contributed by atoms with Crippen LogP contribution in [0.3, 0.4) is 0 Å². The Morgan fingerprint density at radius 3 is 2.21 bits per heavy atom. The minimum atomic E-state index is -0.782. The van der Waals surface area contributed by atoms with E-state index in [1.807, 2.05) is 0 Å². The molecule has 0 aromatic heterocycles. The van der Waals surface area contributed by atoms with Crippen LogP contribution in [0, 0.1) is 0 Å². The normalized spacial score (nSPS) is 17.0. The van der Waals surface area contributed by atoms with Crippen LogP contribution < -0.4 is 5.32 Å². The van der Waals surface area contributed by atoms with Gasteiger partial charge in [0.05, 0.1) is 0 Å². The van der Waals surface area contributed by atoms with E-state index in [4.69, 9.17) is 5.11 Å². The summed E-state index contributed by atoms with van der Waals surface area (Å²) in [5.74, 6) is -0.579. The summed E-state index contributed by atoms with van der Waals surface area (Å²) in [4.78, 5) is 21.9. The number of carbonyl (C=O) groups is 2. The molecule has 1 saturated heterocycles. The molecule has 0 radical (unpaired) electrons. The van der Waals surface area contributed by atoms with Gasteiger partial charge in [-0.3, -0.25) is 14.5 Å². The molecule has 1 heterocycles. The summed E-state index contributed by atoms with van der Waals surface area (Å²) < 4.78 is 0. The predicted octanol–water partition coefficient (Wildman–Crippen LogP) is -0.0825. The molecule has 1 amide bonds. The first-order chi connectivity index (χ1) is 6.45. The molecule has 1 fully saturated rings. The lowest BCUT2D eigenvalue weighted by Gasteiger charge is -2.13. The molecule has 1 atom stereocenters. The second-order valence-corrected chi connectivity index (χ2v) is 3.43. The molecule has 1 aliphatic heterocycles. The molecule has 0 saturated carbocycles. The van der Waals surface area contributed by atoms with Crippen molar-refractivity contribution >= 4 is 11.9 Å². The summed E-state index contributed by atoms with van der Waals surface area (Å²) in [5, 5.41) is 11.0. The maximum Gasteiger partial charge on any atom is 0.320 e. The molecule has 0 bridgehead atoms. The van der Waals surface area contributed by atoms with Gasteiger partial charge in [-0.05, 0) is 27.4 Å². The number of nitrogens with zero attached hydrogens (tertiary/aromatic N) is 1. The number of rotatable bonds is 2. The highest BCUT2D eigenvalue weighted by molar-refractivity contribution is 5.77. The second-order valence-electron chi connectivity index (χ2n) is 3.43. The Kier molecular flexibility index (Phi) is 5.87. The van der Waals surface area contributed by atoms with Crippen molar-refractivity contribution in [3.8, 4) is 0 Å². The molecule has 1 rings (SSSR count). The topological polar surface area (TPSA) is 69.6 Å². The minimum Gasteiger partial charge on any atom is -0.480 e. The first kappa shape index (κ1) is 12.9. The molecule has 0 aromatic rings. The zero-order valence-corrected chi connectivity index (χ0v) is 8.91. The lowest BCUT2D eigenvalue weighted by Crippen LogP contribution is -2.32. The number of amides is 1. The summed E-state index contributed by atoms with van der Waals surface area (Å²) >= 11 is 0. The number of carboxylic acids is 1. The summed E-state index contributed by atoms with van der Waals surface area (Å²) in [5.41, 5.74) is 0. The summed E-state index contributed by atoms with van der Waals surface area (Å²) in [6.07, 6.45) is 1.76. The SMILES string of the molecule is CC(C(=O)O)N(C)C.O=C1CCCN1. The van der Waals surface area contributed by atoms with Gasteiger partial charge in [0, 0.05) is 13.0 Å². The van der Waals surface area contributed by atoms with Crippen LogP contribution in [-0.2, 0) is 9.59 Å². The van der Waals surface area contributed by atoms with E-state index < -0.39 is 5.97 Å². The van der Waals surface area contributed by atoms with Crippen LogP contribution in [-0.4, -0.2) is 48.6 Å². The molecule has 1 unspecified atom stereocenters. The zero-order chi connectivity index (χ0) is 11.1. The number of carboxylic acid groups (broad SMARTS) is 1. The van der Waals surface area contributed by atoms with Gasteiger partial charge >= 0.3 is 5.97 Å². The smallest absolute Gasteiger partial charge is 0.320 e. The van der Waals surface area contributed by atoms with E-state index in [1.165, 1.54) is 0 Å². The number of aliphatic carboxylic acids is 1. The average Bonchev–Trinajstić information content (AvgIpc) is 2.55. The first-order valence-corrected chi connectivity index (χ1v) is 4.61. The number of hydrogen-bond acceptors (Lipinski definition) is 3. The van der Waals surface area contributed by atoms with Crippen LogP contribution in [0.1, 0.15) is 19.8 Å². The van der Waals surface area contributed by atoms with Gasteiger partial charge < -0.3 is 10.4 Å². The van der Waals surface area contributed by atoms with Crippen LogP contribution in [0.5, 0.6) is 0 Å². The van der Waals surface area contributed by atoms with Crippen LogP contribution in [0.4, 0.5) is 0 Å². The molecule has 0 aromatic carbocycles. The lowest BCUT2D eigenvalue weighted by atomic mass is 10.3. The molecule has 5 heteroatoms. The van der Waals surface area contributed by atoms with Gasteiger partial charge in [-0.2, -0.15) is 0 Å². The van der Waals surface area contributed by atoms with Crippen LogP contribution in [0.25, 0.3) is 0 Å². The quantitative estimate of drug-likeness (QED) is 0.657. The van der Waals surface area contributed by atoms with Gasteiger partial charge in [0.25, 0.3) is 0 Å². The van der Waals surface area contributed by atoms with Crippen LogP contribution in [0.15, 0.2) is 0 Å². The van der Waals surface area contributed by atoms with E-state index in [0.29, 0.717) is 0 Å². The maximum absolute atomic E-state index is 10.1. The number of carbonyl (C=O) groups excluding carboxylic acids is 1. The van der Waals surface area contributed by atoms with Crippen LogP contribution in [0.2, 0.25) is 0 Å². The fraction of sp³-hybridized carbons (Fsp3) is 0.778. The van der Waals surface area contributed by atoms with Gasteiger partial charge in [0.2, 0.25) is 5.91 Å². The lowest BCUT2D eigenvalue weighted by molar-refractivity contribution is -0.141. The summed E-state index contributed by atoms with van der Waals surface area (Å²) in [6.45, 7) is 2.53. The van der Waals surface area contributed by atoms with Crippen molar-refractivity contribution in [2.75, 3.05) is 20.6 Å². The Morgan fingerprint density at radius 1 is 1.57 bits per heavy atom.